The van der Waals surface area contributed by atoms with Crippen LogP contribution in [0.5, 0.6) is 0 Å². The molecule has 0 aliphatic heterocycles. The van der Waals surface area contributed by atoms with Gasteiger partial charge < -0.3 is 25.6 Å². The summed E-state index contributed by atoms with van der Waals surface area (Å²) in [6, 6.07) is 6.72. The Hall–Kier alpha value is -1.90. The maximum atomic E-state index is 15.8. The predicted octanol–water partition coefficient (Wildman–Crippen LogP) is 3.03. The number of fused-ring (bicyclic) bond motifs is 1. The van der Waals surface area contributed by atoms with Crippen molar-refractivity contribution < 1.29 is 19.7 Å². The molecule has 0 radical (unpaired) electrons. The van der Waals surface area contributed by atoms with Gasteiger partial charge in [0.15, 0.2) is 5.67 Å². The van der Waals surface area contributed by atoms with Gasteiger partial charge in [0, 0.05) is 29.9 Å². The van der Waals surface area contributed by atoms with E-state index in [0.717, 1.165) is 0 Å². The van der Waals surface area contributed by atoms with Gasteiger partial charge >= 0.3 is 0 Å². The molecule has 2 heterocycles. The van der Waals surface area contributed by atoms with E-state index in [2.05, 4.69) is 4.98 Å². The van der Waals surface area contributed by atoms with Crippen molar-refractivity contribution in [2.75, 3.05) is 5.73 Å². The van der Waals surface area contributed by atoms with Crippen molar-refractivity contribution in [3.63, 3.8) is 0 Å². The molecule has 0 spiro atoms. The lowest BCUT2D eigenvalue weighted by atomic mass is 9.89. The van der Waals surface area contributed by atoms with Crippen LogP contribution >= 0.6 is 23.2 Å². The molecular formula is C19H18Cl2FN3O3. The molecule has 1 aliphatic carbocycles. The highest BCUT2D eigenvalue weighted by Gasteiger charge is 2.58. The Morgan fingerprint density at radius 1 is 1.21 bits per heavy atom. The lowest BCUT2D eigenvalue weighted by Gasteiger charge is -2.30. The topological polar surface area (TPSA) is 105 Å². The maximum Gasteiger partial charge on any atom is 0.171 e. The number of pyridine rings is 1. The summed E-state index contributed by atoms with van der Waals surface area (Å²) in [6.45, 7) is 0. The van der Waals surface area contributed by atoms with Crippen LogP contribution in [0.2, 0.25) is 10.0 Å². The van der Waals surface area contributed by atoms with Crippen LogP contribution in [0, 0.1) is 0 Å². The average Bonchev–Trinajstić information content (AvgIpc) is 3.20. The summed E-state index contributed by atoms with van der Waals surface area (Å²) in [5, 5.41) is 32.8. The van der Waals surface area contributed by atoms with Gasteiger partial charge in [-0.1, -0.05) is 29.3 Å². The van der Waals surface area contributed by atoms with Crippen LogP contribution in [-0.4, -0.2) is 42.7 Å². The van der Waals surface area contributed by atoms with Crippen LogP contribution in [0.4, 0.5) is 10.1 Å². The van der Waals surface area contributed by atoms with E-state index in [1.165, 1.54) is 24.4 Å². The fraction of sp³-hybridized carbons (Fsp3) is 0.316. The third-order valence-corrected chi connectivity index (χ3v) is 6.19. The highest BCUT2D eigenvalue weighted by molar-refractivity contribution is 6.42. The van der Waals surface area contributed by atoms with Crippen molar-refractivity contribution >= 4 is 39.9 Å². The van der Waals surface area contributed by atoms with Gasteiger partial charge in [-0.15, -0.1) is 0 Å². The van der Waals surface area contributed by atoms with Crippen LogP contribution in [0.1, 0.15) is 24.1 Å². The monoisotopic (exact) mass is 425 g/mol. The van der Waals surface area contributed by atoms with E-state index >= 15 is 4.39 Å². The van der Waals surface area contributed by atoms with Gasteiger partial charge in [0.25, 0.3) is 0 Å². The first-order valence-electron chi connectivity index (χ1n) is 8.63. The number of benzene rings is 1. The maximum absolute atomic E-state index is 15.8. The smallest absolute Gasteiger partial charge is 0.171 e. The molecular weight excluding hydrogens is 408 g/mol. The summed E-state index contributed by atoms with van der Waals surface area (Å²) in [4.78, 5) is 4.25. The van der Waals surface area contributed by atoms with Crippen molar-refractivity contribution in [2.45, 2.75) is 36.4 Å². The number of nitrogens with zero attached hydrogens (tertiary/aromatic N) is 2. The minimum atomic E-state index is -2.50. The quantitative estimate of drug-likeness (QED) is 0.516. The van der Waals surface area contributed by atoms with E-state index in [1.54, 1.807) is 22.9 Å². The Balaban J connectivity index is 1.72. The molecule has 1 saturated carbocycles. The van der Waals surface area contributed by atoms with Gasteiger partial charge in [0.1, 0.15) is 24.0 Å². The summed E-state index contributed by atoms with van der Waals surface area (Å²) < 4.78 is 17.4. The zero-order chi connectivity index (χ0) is 20.2. The Kier molecular flexibility index (Phi) is 4.76. The van der Waals surface area contributed by atoms with Gasteiger partial charge in [-0.05, 0) is 29.8 Å². The Labute approximate surface area is 169 Å². The number of alkyl halides is 1. The third-order valence-electron chi connectivity index (χ3n) is 5.45. The van der Waals surface area contributed by atoms with Crippen molar-refractivity contribution in [2.24, 2.45) is 0 Å². The first-order valence-corrected chi connectivity index (χ1v) is 9.38. The molecule has 5 atom stereocenters. The molecule has 28 heavy (non-hydrogen) atoms. The second kappa shape index (κ2) is 6.86. The summed E-state index contributed by atoms with van der Waals surface area (Å²) >= 11 is 11.8. The van der Waals surface area contributed by atoms with Crippen LogP contribution in [0.25, 0.3) is 11.0 Å². The van der Waals surface area contributed by atoms with Crippen molar-refractivity contribution in [1.29, 1.82) is 0 Å². The van der Waals surface area contributed by atoms with Gasteiger partial charge in [-0.25, -0.2) is 9.37 Å². The first kappa shape index (κ1) is 19.4. The molecule has 148 valence electrons. The van der Waals surface area contributed by atoms with E-state index in [9.17, 15) is 15.3 Å². The summed E-state index contributed by atoms with van der Waals surface area (Å²) in [7, 11) is 0. The zero-order valence-electron chi connectivity index (χ0n) is 14.5. The van der Waals surface area contributed by atoms with Crippen LogP contribution in [0.3, 0.4) is 0 Å². The molecule has 1 fully saturated rings. The van der Waals surface area contributed by atoms with Crippen LogP contribution in [-0.2, 0) is 0 Å². The SMILES string of the molecule is Nc1ccnc2c1ccn2[C@@H]1C[C@](F)(C(O)c2ccc(Cl)c(Cl)c2)[C@@H](O)[C@H]1O. The molecule has 0 saturated heterocycles. The number of aliphatic hydroxyl groups is 3. The van der Waals surface area contributed by atoms with Crippen LogP contribution in [0.15, 0.2) is 42.7 Å². The Bertz CT molecular complexity index is 1050. The lowest BCUT2D eigenvalue weighted by molar-refractivity contribution is -0.102. The van der Waals surface area contributed by atoms with E-state index in [4.69, 9.17) is 28.9 Å². The number of hydrogen-bond donors (Lipinski definition) is 4. The van der Waals surface area contributed by atoms with E-state index in [0.29, 0.717) is 16.7 Å². The molecule has 1 aromatic carbocycles. The standard InChI is InChI=1S/C19H18Cl2FN3O3/c20-11-2-1-9(7-12(11)21)16(27)19(22)8-14(15(26)17(19)28)25-6-4-10-13(23)3-5-24-18(10)25/h1-7,14-17,26-28H,8H2,(H2,23,24)/t14-,15+,16?,17+,19+/m1/s1. The number of halogens is 3. The highest BCUT2D eigenvalue weighted by Crippen LogP contribution is 2.49. The average molecular weight is 426 g/mol. The van der Waals surface area contributed by atoms with E-state index < -0.39 is 30.0 Å². The van der Waals surface area contributed by atoms with E-state index in [-0.39, 0.29) is 22.0 Å². The number of nitrogen functional groups attached to an aromatic ring is 1. The highest BCUT2D eigenvalue weighted by atomic mass is 35.5. The second-order valence-electron chi connectivity index (χ2n) is 7.07. The lowest BCUT2D eigenvalue weighted by Crippen LogP contribution is -2.43. The number of hydrogen-bond acceptors (Lipinski definition) is 5. The van der Waals surface area contributed by atoms with Gasteiger partial charge in [0.2, 0.25) is 0 Å². The number of anilines is 1. The molecule has 1 unspecified atom stereocenters. The van der Waals surface area contributed by atoms with E-state index in [1.807, 2.05) is 0 Å². The fourth-order valence-corrected chi connectivity index (χ4v) is 4.20. The number of aromatic nitrogens is 2. The third kappa shape index (κ3) is 2.86. The molecule has 0 amide bonds. The predicted molar refractivity (Wildman–Crippen MR) is 105 cm³/mol. The van der Waals surface area contributed by atoms with Crippen molar-refractivity contribution in [3.8, 4) is 0 Å². The molecule has 1 aliphatic rings. The fourth-order valence-electron chi connectivity index (χ4n) is 3.90. The molecule has 4 rings (SSSR count). The van der Waals surface area contributed by atoms with Crippen molar-refractivity contribution in [1.82, 2.24) is 9.55 Å². The summed E-state index contributed by atoms with van der Waals surface area (Å²) in [6.07, 6.45) is -2.18. The van der Waals surface area contributed by atoms with Gasteiger partial charge in [0.05, 0.1) is 16.1 Å². The van der Waals surface area contributed by atoms with Gasteiger partial charge in [-0.2, -0.15) is 0 Å². The molecule has 9 heteroatoms. The molecule has 0 bridgehead atoms. The minimum absolute atomic E-state index is 0.155. The normalized spacial score (nSPS) is 28.7. The van der Waals surface area contributed by atoms with Crippen molar-refractivity contribution in [3.05, 3.63) is 58.3 Å². The minimum Gasteiger partial charge on any atom is -0.398 e. The Morgan fingerprint density at radius 2 is 1.96 bits per heavy atom. The molecule has 5 N–H and O–H groups in total. The summed E-state index contributed by atoms with van der Waals surface area (Å²) in [5.41, 5.74) is 4.55. The zero-order valence-corrected chi connectivity index (χ0v) is 16.0. The molecule has 3 aromatic rings. The Morgan fingerprint density at radius 3 is 2.68 bits per heavy atom. The molecule has 6 nitrogen and oxygen atoms in total. The summed E-state index contributed by atoms with van der Waals surface area (Å²) in [5.74, 6) is 0. The molecule has 2 aromatic heterocycles. The second-order valence-corrected chi connectivity index (χ2v) is 7.88. The number of nitrogens with two attached hydrogens (primary N) is 1. The number of aliphatic hydroxyl groups excluding tert-OH is 3. The van der Waals surface area contributed by atoms with Gasteiger partial charge in [-0.3, -0.25) is 0 Å². The van der Waals surface area contributed by atoms with Crippen LogP contribution < -0.4 is 5.73 Å². The largest absolute Gasteiger partial charge is 0.398 e. The number of rotatable bonds is 3. The first-order chi connectivity index (χ1) is 13.2.